The third-order valence-corrected chi connectivity index (χ3v) is 4.72. The first-order chi connectivity index (χ1) is 9.29. The highest BCUT2D eigenvalue weighted by Gasteiger charge is 2.27. The van der Waals surface area contributed by atoms with E-state index in [2.05, 4.69) is 17.1 Å². The summed E-state index contributed by atoms with van der Waals surface area (Å²) in [6, 6.07) is 0. The number of hydrogen-bond donors (Lipinski definition) is 1. The largest absolute Gasteiger partial charge is 0.337 e. The lowest BCUT2D eigenvalue weighted by atomic mass is 9.98. The Morgan fingerprint density at radius 2 is 2.21 bits per heavy atom. The van der Waals surface area contributed by atoms with Crippen molar-refractivity contribution in [1.82, 2.24) is 15.1 Å². The van der Waals surface area contributed by atoms with Crippen molar-refractivity contribution in [3.05, 3.63) is 17.0 Å². The Morgan fingerprint density at radius 1 is 1.32 bits per heavy atom. The van der Waals surface area contributed by atoms with Crippen molar-refractivity contribution in [2.45, 2.75) is 51.9 Å². The fraction of sp³-hybridized carbons (Fsp3) is 0.733. The number of hydrogen-bond acceptors (Lipinski definition) is 2. The van der Waals surface area contributed by atoms with E-state index in [-0.39, 0.29) is 5.91 Å². The monoisotopic (exact) mass is 261 g/mol. The molecule has 3 rings (SSSR count). The van der Waals surface area contributed by atoms with Gasteiger partial charge in [0.1, 0.15) is 0 Å². The molecule has 4 heteroatoms. The van der Waals surface area contributed by atoms with E-state index in [4.69, 9.17) is 0 Å². The molecule has 0 aromatic carbocycles. The van der Waals surface area contributed by atoms with Gasteiger partial charge in [0, 0.05) is 24.3 Å². The van der Waals surface area contributed by atoms with E-state index in [0.717, 1.165) is 51.1 Å². The molecular weight excluding hydrogens is 238 g/mol. The maximum Gasteiger partial charge on any atom is 0.274 e. The summed E-state index contributed by atoms with van der Waals surface area (Å²) < 4.78 is 0. The number of aromatic amines is 1. The van der Waals surface area contributed by atoms with Crippen LogP contribution in [0.25, 0.3) is 0 Å². The van der Waals surface area contributed by atoms with Gasteiger partial charge in [-0.25, -0.2) is 0 Å². The third-order valence-electron chi connectivity index (χ3n) is 4.72. The van der Waals surface area contributed by atoms with Gasteiger partial charge in [-0.05, 0) is 44.4 Å². The predicted molar refractivity (Wildman–Crippen MR) is 74.1 cm³/mol. The summed E-state index contributed by atoms with van der Waals surface area (Å²) in [5.41, 5.74) is 3.06. The first kappa shape index (κ1) is 12.7. The van der Waals surface area contributed by atoms with E-state index in [0.29, 0.717) is 5.69 Å². The van der Waals surface area contributed by atoms with E-state index in [1.54, 1.807) is 0 Å². The van der Waals surface area contributed by atoms with Gasteiger partial charge in [-0.3, -0.25) is 9.89 Å². The van der Waals surface area contributed by atoms with Crippen LogP contribution in [0, 0.1) is 5.92 Å². The molecule has 1 aromatic rings. The molecule has 0 saturated carbocycles. The van der Waals surface area contributed by atoms with E-state index in [9.17, 15) is 4.79 Å². The summed E-state index contributed by atoms with van der Waals surface area (Å²) in [6.07, 6.45) is 8.00. The summed E-state index contributed by atoms with van der Waals surface area (Å²) in [5, 5.41) is 7.31. The second kappa shape index (κ2) is 5.35. The van der Waals surface area contributed by atoms with Crippen molar-refractivity contribution < 1.29 is 4.79 Å². The topological polar surface area (TPSA) is 49.0 Å². The van der Waals surface area contributed by atoms with Crippen LogP contribution in [-0.2, 0) is 12.8 Å². The molecule has 1 saturated heterocycles. The van der Waals surface area contributed by atoms with Gasteiger partial charge in [-0.15, -0.1) is 0 Å². The van der Waals surface area contributed by atoms with Crippen molar-refractivity contribution in [3.8, 4) is 0 Å². The van der Waals surface area contributed by atoms with Gasteiger partial charge in [-0.1, -0.05) is 13.3 Å². The Balaban J connectivity index is 1.73. The third kappa shape index (κ3) is 2.40. The number of carbonyl (C=O) groups is 1. The highest BCUT2D eigenvalue weighted by Crippen LogP contribution is 2.25. The van der Waals surface area contributed by atoms with Gasteiger partial charge in [0.05, 0.1) is 0 Å². The first-order valence-corrected chi connectivity index (χ1v) is 7.65. The van der Waals surface area contributed by atoms with Crippen LogP contribution in [0.15, 0.2) is 0 Å². The molecule has 104 valence electrons. The number of rotatable bonds is 2. The molecule has 19 heavy (non-hydrogen) atoms. The summed E-state index contributed by atoms with van der Waals surface area (Å²) in [5.74, 6) is 0.943. The fourth-order valence-corrected chi connectivity index (χ4v) is 3.42. The summed E-state index contributed by atoms with van der Waals surface area (Å²) in [7, 11) is 0. The van der Waals surface area contributed by atoms with Crippen molar-refractivity contribution in [1.29, 1.82) is 0 Å². The SMILES string of the molecule is CC[C@@H]1CCCN(C(=O)c2n[nH]c3c2CCC3)CC1. The minimum atomic E-state index is 0.149. The molecular formula is C15H23N3O. The minimum absolute atomic E-state index is 0.149. The number of fused-ring (bicyclic) bond motifs is 1. The molecule has 2 heterocycles. The average molecular weight is 261 g/mol. The van der Waals surface area contributed by atoms with Crippen LogP contribution >= 0.6 is 0 Å². The van der Waals surface area contributed by atoms with E-state index < -0.39 is 0 Å². The number of amides is 1. The summed E-state index contributed by atoms with van der Waals surface area (Å²) in [6.45, 7) is 4.05. The number of aromatic nitrogens is 2. The normalized spacial score (nSPS) is 23.2. The number of nitrogens with one attached hydrogen (secondary N) is 1. The zero-order chi connectivity index (χ0) is 13.2. The second-order valence-electron chi connectivity index (χ2n) is 5.88. The van der Waals surface area contributed by atoms with E-state index >= 15 is 0 Å². The highest BCUT2D eigenvalue weighted by molar-refractivity contribution is 5.94. The number of carbonyl (C=O) groups excluding carboxylic acids is 1. The van der Waals surface area contributed by atoms with Gasteiger partial charge in [0.2, 0.25) is 0 Å². The van der Waals surface area contributed by atoms with Crippen molar-refractivity contribution >= 4 is 5.91 Å². The average Bonchev–Trinajstić information content (AvgIpc) is 2.94. The lowest BCUT2D eigenvalue weighted by Crippen LogP contribution is -2.32. The van der Waals surface area contributed by atoms with Crippen LogP contribution in [-0.4, -0.2) is 34.1 Å². The molecule has 1 amide bonds. The smallest absolute Gasteiger partial charge is 0.274 e. The molecule has 0 spiro atoms. The van der Waals surface area contributed by atoms with Crippen molar-refractivity contribution in [3.63, 3.8) is 0 Å². The Hall–Kier alpha value is -1.32. The maximum absolute atomic E-state index is 12.6. The van der Waals surface area contributed by atoms with Gasteiger partial charge >= 0.3 is 0 Å². The Morgan fingerprint density at radius 3 is 3.05 bits per heavy atom. The Labute approximate surface area is 114 Å². The number of nitrogens with zero attached hydrogens (tertiary/aromatic N) is 2. The zero-order valence-corrected chi connectivity index (χ0v) is 11.7. The molecule has 2 aliphatic rings. The molecule has 1 N–H and O–H groups in total. The van der Waals surface area contributed by atoms with Crippen molar-refractivity contribution in [2.75, 3.05) is 13.1 Å². The van der Waals surface area contributed by atoms with Crippen LogP contribution in [0.1, 0.15) is 60.8 Å². The lowest BCUT2D eigenvalue weighted by Gasteiger charge is -2.20. The quantitative estimate of drug-likeness (QED) is 0.889. The molecule has 0 unspecified atom stereocenters. The number of likely N-dealkylation sites (tertiary alicyclic amines) is 1. The zero-order valence-electron chi connectivity index (χ0n) is 11.7. The molecule has 1 aliphatic heterocycles. The predicted octanol–water partition coefficient (Wildman–Crippen LogP) is 2.55. The van der Waals surface area contributed by atoms with Gasteiger partial charge in [0.15, 0.2) is 5.69 Å². The first-order valence-electron chi connectivity index (χ1n) is 7.65. The van der Waals surface area contributed by atoms with Crippen LogP contribution in [0.2, 0.25) is 0 Å². The fourth-order valence-electron chi connectivity index (χ4n) is 3.42. The van der Waals surface area contributed by atoms with Crippen LogP contribution in [0.3, 0.4) is 0 Å². The minimum Gasteiger partial charge on any atom is -0.337 e. The molecule has 0 radical (unpaired) electrons. The molecule has 1 aromatic heterocycles. The molecule has 1 aliphatic carbocycles. The van der Waals surface area contributed by atoms with Gasteiger partial charge < -0.3 is 4.90 Å². The van der Waals surface area contributed by atoms with E-state index in [1.165, 1.54) is 24.1 Å². The van der Waals surface area contributed by atoms with E-state index in [1.807, 2.05) is 4.90 Å². The highest BCUT2D eigenvalue weighted by atomic mass is 16.2. The van der Waals surface area contributed by atoms with Crippen LogP contribution in [0.5, 0.6) is 0 Å². The Kier molecular flexibility index (Phi) is 3.58. The van der Waals surface area contributed by atoms with Crippen molar-refractivity contribution in [2.24, 2.45) is 5.92 Å². The molecule has 1 fully saturated rings. The van der Waals surface area contributed by atoms with Gasteiger partial charge in [-0.2, -0.15) is 5.10 Å². The number of aryl methyl sites for hydroxylation is 1. The van der Waals surface area contributed by atoms with Gasteiger partial charge in [0.25, 0.3) is 5.91 Å². The second-order valence-corrected chi connectivity index (χ2v) is 5.88. The molecule has 1 atom stereocenters. The maximum atomic E-state index is 12.6. The molecule has 0 bridgehead atoms. The standard InChI is InChI=1S/C15H23N3O/c1-2-11-5-4-9-18(10-8-11)15(19)14-12-6-3-7-13(12)16-17-14/h11H,2-10H2,1H3,(H,16,17)/t11-/m1/s1. The summed E-state index contributed by atoms with van der Waals surface area (Å²) in [4.78, 5) is 14.6. The molecule has 4 nitrogen and oxygen atoms in total. The summed E-state index contributed by atoms with van der Waals surface area (Å²) >= 11 is 0. The lowest BCUT2D eigenvalue weighted by molar-refractivity contribution is 0.0753. The number of H-pyrrole nitrogens is 1. The van der Waals surface area contributed by atoms with Crippen LogP contribution < -0.4 is 0 Å². The van der Waals surface area contributed by atoms with Crippen LogP contribution in [0.4, 0.5) is 0 Å². The Bertz CT molecular complexity index is 466.